The minimum atomic E-state index is -0.283. The first-order valence-electron chi connectivity index (χ1n) is 10.2. The number of rotatable bonds is 1. The van der Waals surface area contributed by atoms with Gasteiger partial charge in [-0.25, -0.2) is 9.59 Å². The summed E-state index contributed by atoms with van der Waals surface area (Å²) in [5.41, 5.74) is 3.14. The first kappa shape index (κ1) is 18.3. The summed E-state index contributed by atoms with van der Waals surface area (Å²) in [6.45, 7) is 7.16. The number of carbonyl (C=O) groups is 2. The molecule has 1 aliphatic carbocycles. The molecule has 0 spiro atoms. The molecule has 0 saturated carbocycles. The fourth-order valence-corrected chi connectivity index (χ4v) is 5.37. The molecule has 2 heterocycles. The maximum Gasteiger partial charge on any atom is 0.337 e. The molecule has 3 atom stereocenters. The number of methoxy groups -OCH3 is 1. The molecule has 0 radical (unpaired) electrons. The van der Waals surface area contributed by atoms with E-state index < -0.39 is 0 Å². The van der Waals surface area contributed by atoms with Gasteiger partial charge in [0.05, 0.1) is 12.7 Å². The van der Waals surface area contributed by atoms with Crippen LogP contribution in [0.15, 0.2) is 18.2 Å². The predicted molar refractivity (Wildman–Crippen MR) is 104 cm³/mol. The minimum absolute atomic E-state index is 0.0129. The number of ether oxygens (including phenoxy) is 1. The van der Waals surface area contributed by atoms with E-state index >= 15 is 0 Å². The quantitative estimate of drug-likeness (QED) is 0.710. The number of fused-ring (bicyclic) bond motifs is 4. The van der Waals surface area contributed by atoms with E-state index in [0.29, 0.717) is 11.5 Å². The van der Waals surface area contributed by atoms with Crippen molar-refractivity contribution in [3.8, 4) is 0 Å². The first-order valence-corrected chi connectivity index (χ1v) is 10.2. The number of hydrogen-bond donors (Lipinski definition) is 0. The Bertz CT molecular complexity index is 756. The highest BCUT2D eigenvalue weighted by Gasteiger charge is 2.50. The van der Waals surface area contributed by atoms with Gasteiger partial charge in [-0.05, 0) is 66.7 Å². The highest BCUT2D eigenvalue weighted by atomic mass is 16.5. The standard InChI is InChI=1S/C22H30N2O3/c1-15-19-14-16-7-8-17(20(25)27-3)13-18(16)22(15,2)9-12-24(19)21(26)23-10-5-4-6-11-23/h7-8,13,15,19H,4-6,9-12,14H2,1-3H3/t15-,19-,22-/m1/s1. The minimum Gasteiger partial charge on any atom is -0.465 e. The molecule has 1 aromatic carbocycles. The molecule has 5 nitrogen and oxygen atoms in total. The van der Waals surface area contributed by atoms with E-state index in [2.05, 4.69) is 29.7 Å². The van der Waals surface area contributed by atoms with Crippen molar-refractivity contribution in [2.75, 3.05) is 26.7 Å². The molecular weight excluding hydrogens is 340 g/mol. The van der Waals surface area contributed by atoms with Crippen molar-refractivity contribution in [1.29, 1.82) is 0 Å². The average molecular weight is 370 g/mol. The van der Waals surface area contributed by atoms with Gasteiger partial charge < -0.3 is 14.5 Å². The zero-order valence-electron chi connectivity index (χ0n) is 16.7. The number of carbonyl (C=O) groups excluding carboxylic acids is 2. The zero-order chi connectivity index (χ0) is 19.2. The lowest BCUT2D eigenvalue weighted by molar-refractivity contribution is 0.0384. The highest BCUT2D eigenvalue weighted by molar-refractivity contribution is 5.89. The molecule has 2 saturated heterocycles. The molecule has 27 heavy (non-hydrogen) atoms. The molecule has 0 unspecified atom stereocenters. The van der Waals surface area contributed by atoms with Gasteiger partial charge in [-0.1, -0.05) is 19.9 Å². The molecule has 0 aromatic heterocycles. The van der Waals surface area contributed by atoms with Gasteiger partial charge in [0.15, 0.2) is 0 Å². The lowest BCUT2D eigenvalue weighted by Gasteiger charge is -2.55. The van der Waals surface area contributed by atoms with Gasteiger partial charge in [0.25, 0.3) is 0 Å². The van der Waals surface area contributed by atoms with Crippen LogP contribution in [0.1, 0.15) is 61.0 Å². The zero-order valence-corrected chi connectivity index (χ0v) is 16.7. The average Bonchev–Trinajstić information content (AvgIpc) is 2.70. The van der Waals surface area contributed by atoms with Crippen LogP contribution >= 0.6 is 0 Å². The number of nitrogens with zero attached hydrogens (tertiary/aromatic N) is 2. The SMILES string of the molecule is COC(=O)c1ccc2c(c1)[C@]1(C)CCN(C(=O)N3CCCCC3)[C@H](C2)[C@H]1C. The molecule has 0 N–H and O–H groups in total. The van der Waals surface area contributed by atoms with Crippen molar-refractivity contribution in [3.63, 3.8) is 0 Å². The summed E-state index contributed by atoms with van der Waals surface area (Å²) in [5.74, 6) is 0.0780. The van der Waals surface area contributed by atoms with Gasteiger partial charge >= 0.3 is 12.0 Å². The van der Waals surface area contributed by atoms with Crippen molar-refractivity contribution in [2.45, 2.75) is 57.4 Å². The van der Waals surface area contributed by atoms with Crippen molar-refractivity contribution < 1.29 is 14.3 Å². The van der Waals surface area contributed by atoms with Crippen LogP contribution in [-0.2, 0) is 16.6 Å². The van der Waals surface area contributed by atoms with Crippen molar-refractivity contribution in [2.24, 2.45) is 5.92 Å². The Labute approximate surface area is 161 Å². The lowest BCUT2D eigenvalue weighted by atomic mass is 9.59. The van der Waals surface area contributed by atoms with Crippen LogP contribution in [0.25, 0.3) is 0 Å². The summed E-state index contributed by atoms with van der Waals surface area (Å²) in [6.07, 6.45) is 5.28. The van der Waals surface area contributed by atoms with Crippen LogP contribution in [0.4, 0.5) is 4.79 Å². The third kappa shape index (κ3) is 2.91. The summed E-state index contributed by atoms with van der Waals surface area (Å²) in [5, 5.41) is 0. The molecule has 3 aliphatic rings. The normalized spacial score (nSPS) is 29.9. The number of hydrogen-bond acceptors (Lipinski definition) is 3. The van der Waals surface area contributed by atoms with E-state index in [9.17, 15) is 9.59 Å². The van der Waals surface area contributed by atoms with Gasteiger partial charge in [0.2, 0.25) is 0 Å². The predicted octanol–water partition coefficient (Wildman–Crippen LogP) is 3.60. The molecule has 2 fully saturated rings. The van der Waals surface area contributed by atoms with E-state index in [0.717, 1.165) is 45.3 Å². The summed E-state index contributed by atoms with van der Waals surface area (Å²) in [4.78, 5) is 29.4. The van der Waals surface area contributed by atoms with Crippen molar-refractivity contribution in [1.82, 2.24) is 9.80 Å². The number of urea groups is 1. The van der Waals surface area contributed by atoms with Gasteiger partial charge in [-0.3, -0.25) is 0 Å². The van der Waals surface area contributed by atoms with E-state index in [4.69, 9.17) is 4.74 Å². The van der Waals surface area contributed by atoms with Crippen LogP contribution in [-0.4, -0.2) is 54.6 Å². The number of likely N-dealkylation sites (tertiary alicyclic amines) is 2. The third-order valence-corrected chi connectivity index (χ3v) is 7.30. The Balaban J connectivity index is 1.64. The monoisotopic (exact) mass is 370 g/mol. The van der Waals surface area contributed by atoms with Gasteiger partial charge in [-0.2, -0.15) is 0 Å². The van der Waals surface area contributed by atoms with E-state index in [1.165, 1.54) is 24.7 Å². The van der Waals surface area contributed by atoms with Gasteiger partial charge in [-0.15, -0.1) is 0 Å². The third-order valence-electron chi connectivity index (χ3n) is 7.30. The number of esters is 1. The number of amides is 2. The van der Waals surface area contributed by atoms with Crippen molar-refractivity contribution >= 4 is 12.0 Å². The van der Waals surface area contributed by atoms with Gasteiger partial charge in [0, 0.05) is 25.7 Å². The summed E-state index contributed by atoms with van der Waals surface area (Å²) in [6, 6.07) is 6.40. The second-order valence-corrected chi connectivity index (χ2v) is 8.61. The van der Waals surface area contributed by atoms with E-state index in [1.54, 1.807) is 0 Å². The second-order valence-electron chi connectivity index (χ2n) is 8.61. The molecule has 4 rings (SSSR count). The van der Waals surface area contributed by atoms with Crippen LogP contribution in [0, 0.1) is 5.92 Å². The molecule has 5 heteroatoms. The lowest BCUT2D eigenvalue weighted by Crippen LogP contribution is -2.62. The second kappa shape index (κ2) is 6.84. The Morgan fingerprint density at radius 3 is 2.59 bits per heavy atom. The molecule has 2 amide bonds. The fraction of sp³-hybridized carbons (Fsp3) is 0.636. The number of piperidine rings is 2. The summed E-state index contributed by atoms with van der Waals surface area (Å²) in [7, 11) is 1.42. The molecule has 2 aliphatic heterocycles. The Morgan fingerprint density at radius 1 is 1.15 bits per heavy atom. The molecule has 146 valence electrons. The first-order chi connectivity index (χ1) is 13.0. The maximum absolute atomic E-state index is 13.2. The smallest absolute Gasteiger partial charge is 0.337 e. The highest BCUT2D eigenvalue weighted by Crippen LogP contribution is 2.49. The van der Waals surface area contributed by atoms with E-state index in [-0.39, 0.29) is 23.5 Å². The molecular formula is C22H30N2O3. The Hall–Kier alpha value is -2.04. The van der Waals surface area contributed by atoms with Crippen LogP contribution in [0.3, 0.4) is 0 Å². The largest absolute Gasteiger partial charge is 0.465 e. The van der Waals surface area contributed by atoms with E-state index in [1.807, 2.05) is 12.1 Å². The Morgan fingerprint density at radius 2 is 1.89 bits per heavy atom. The Kier molecular flexibility index (Phi) is 4.65. The van der Waals surface area contributed by atoms with Gasteiger partial charge in [0.1, 0.15) is 0 Å². The maximum atomic E-state index is 13.2. The topological polar surface area (TPSA) is 49.9 Å². The molecule has 2 bridgehead atoms. The van der Waals surface area contributed by atoms with Crippen LogP contribution in [0.2, 0.25) is 0 Å². The van der Waals surface area contributed by atoms with Crippen LogP contribution < -0.4 is 0 Å². The van der Waals surface area contributed by atoms with Crippen LogP contribution in [0.5, 0.6) is 0 Å². The summed E-state index contributed by atoms with van der Waals surface area (Å²) >= 11 is 0. The number of benzene rings is 1. The molecule has 1 aromatic rings. The van der Waals surface area contributed by atoms with Crippen molar-refractivity contribution in [3.05, 3.63) is 34.9 Å². The summed E-state index contributed by atoms with van der Waals surface area (Å²) < 4.78 is 4.91. The fourth-order valence-electron chi connectivity index (χ4n) is 5.37.